The second kappa shape index (κ2) is 8.12. The molecule has 21 heavy (non-hydrogen) atoms. The van der Waals surface area contributed by atoms with Crippen LogP contribution in [0, 0.1) is 0 Å². The second-order valence-electron chi connectivity index (χ2n) is 5.05. The first-order chi connectivity index (χ1) is 9.80. The Morgan fingerprint density at radius 3 is 2.19 bits per heavy atom. The Morgan fingerprint density at radius 2 is 1.67 bits per heavy atom. The molecule has 1 aromatic rings. The number of hydrogen-bond donors (Lipinski definition) is 1. The Bertz CT molecular complexity index is 406. The summed E-state index contributed by atoms with van der Waals surface area (Å²) < 4.78 is 45.5. The van der Waals surface area contributed by atoms with Crippen molar-refractivity contribution in [2.45, 2.75) is 52.1 Å². The van der Waals surface area contributed by atoms with Gasteiger partial charge >= 0.3 is 6.36 Å². The van der Waals surface area contributed by atoms with E-state index in [0.717, 1.165) is 12.8 Å². The molecule has 0 amide bonds. The van der Waals surface area contributed by atoms with E-state index < -0.39 is 6.36 Å². The van der Waals surface area contributed by atoms with Crippen molar-refractivity contribution in [1.82, 2.24) is 5.32 Å². The Hall–Kier alpha value is -1.43. The van der Waals surface area contributed by atoms with Gasteiger partial charge in [-0.15, -0.1) is 13.2 Å². The third-order valence-electron chi connectivity index (χ3n) is 2.87. The Morgan fingerprint density at radius 1 is 1.10 bits per heavy atom. The monoisotopic (exact) mass is 305 g/mol. The molecule has 0 bridgehead atoms. The van der Waals surface area contributed by atoms with Crippen molar-refractivity contribution in [2.24, 2.45) is 0 Å². The van der Waals surface area contributed by atoms with E-state index in [1.165, 1.54) is 24.3 Å². The van der Waals surface area contributed by atoms with Crippen molar-refractivity contribution in [3.05, 3.63) is 24.3 Å². The maximum absolute atomic E-state index is 12.0. The van der Waals surface area contributed by atoms with E-state index in [-0.39, 0.29) is 11.9 Å². The molecule has 1 N–H and O–H groups in total. The van der Waals surface area contributed by atoms with Gasteiger partial charge in [-0.1, -0.05) is 13.3 Å². The van der Waals surface area contributed by atoms with Crippen LogP contribution >= 0.6 is 0 Å². The molecule has 2 atom stereocenters. The second-order valence-corrected chi connectivity index (χ2v) is 5.05. The summed E-state index contributed by atoms with van der Waals surface area (Å²) in [6.07, 6.45) is -2.53. The van der Waals surface area contributed by atoms with E-state index >= 15 is 0 Å². The summed E-state index contributed by atoms with van der Waals surface area (Å²) in [5.41, 5.74) is 0. The number of nitrogens with one attached hydrogen (secondary N) is 1. The summed E-state index contributed by atoms with van der Waals surface area (Å²) in [4.78, 5) is 0. The number of ether oxygens (including phenoxy) is 2. The number of hydrogen-bond acceptors (Lipinski definition) is 3. The van der Waals surface area contributed by atoms with Gasteiger partial charge in [0.05, 0.1) is 0 Å². The molecule has 0 radical (unpaired) electrons. The zero-order chi connectivity index (χ0) is 15.9. The van der Waals surface area contributed by atoms with E-state index in [9.17, 15) is 13.2 Å². The zero-order valence-corrected chi connectivity index (χ0v) is 12.5. The van der Waals surface area contributed by atoms with E-state index in [1.807, 2.05) is 6.92 Å². The average Bonchev–Trinajstić information content (AvgIpc) is 2.37. The van der Waals surface area contributed by atoms with Gasteiger partial charge in [-0.05, 0) is 44.5 Å². The van der Waals surface area contributed by atoms with Crippen LogP contribution < -0.4 is 14.8 Å². The molecule has 0 aliphatic heterocycles. The van der Waals surface area contributed by atoms with Gasteiger partial charge in [0.15, 0.2) is 0 Å². The number of alkyl halides is 3. The standard InChI is InChI=1S/C15H22F3NO2/c1-4-5-11(2)19-10-12(3)20-13-6-8-14(9-7-13)21-15(16,17)18/h6-9,11-12,19H,4-5,10H2,1-3H3. The lowest BCUT2D eigenvalue weighted by molar-refractivity contribution is -0.274. The van der Waals surface area contributed by atoms with Crippen LogP contribution in [0.5, 0.6) is 11.5 Å². The summed E-state index contributed by atoms with van der Waals surface area (Å²) in [7, 11) is 0. The molecule has 6 heteroatoms. The number of rotatable bonds is 8. The largest absolute Gasteiger partial charge is 0.573 e. The molecule has 0 fully saturated rings. The molecule has 0 aromatic heterocycles. The lowest BCUT2D eigenvalue weighted by Crippen LogP contribution is -2.34. The SMILES string of the molecule is CCCC(C)NCC(C)Oc1ccc(OC(F)(F)F)cc1. The molecule has 0 aliphatic rings. The van der Waals surface area contributed by atoms with E-state index in [2.05, 4.69) is 23.9 Å². The smallest absolute Gasteiger partial charge is 0.489 e. The van der Waals surface area contributed by atoms with Crippen LogP contribution in [0.25, 0.3) is 0 Å². The summed E-state index contributed by atoms with van der Waals surface area (Å²) >= 11 is 0. The lowest BCUT2D eigenvalue weighted by Gasteiger charge is -2.19. The summed E-state index contributed by atoms with van der Waals surface area (Å²) in [5, 5.41) is 3.35. The molecule has 120 valence electrons. The average molecular weight is 305 g/mol. The van der Waals surface area contributed by atoms with Gasteiger partial charge in [0.1, 0.15) is 17.6 Å². The Kier molecular flexibility index (Phi) is 6.81. The van der Waals surface area contributed by atoms with Crippen molar-refractivity contribution in [1.29, 1.82) is 0 Å². The van der Waals surface area contributed by atoms with Gasteiger partial charge in [-0.3, -0.25) is 0 Å². The Labute approximate surface area is 123 Å². The van der Waals surface area contributed by atoms with Gasteiger partial charge < -0.3 is 14.8 Å². The highest BCUT2D eigenvalue weighted by Crippen LogP contribution is 2.25. The van der Waals surface area contributed by atoms with Crippen LogP contribution in [-0.4, -0.2) is 25.1 Å². The van der Waals surface area contributed by atoms with Crippen LogP contribution in [0.3, 0.4) is 0 Å². The molecular formula is C15H22F3NO2. The van der Waals surface area contributed by atoms with Gasteiger partial charge in [0, 0.05) is 12.6 Å². The molecule has 0 saturated carbocycles. The molecule has 0 aliphatic carbocycles. The fourth-order valence-corrected chi connectivity index (χ4v) is 1.90. The summed E-state index contributed by atoms with van der Waals surface area (Å²) in [6.45, 7) is 6.83. The van der Waals surface area contributed by atoms with Crippen molar-refractivity contribution < 1.29 is 22.6 Å². The first kappa shape index (κ1) is 17.6. The molecule has 1 aromatic carbocycles. The fraction of sp³-hybridized carbons (Fsp3) is 0.600. The molecule has 0 saturated heterocycles. The molecule has 0 spiro atoms. The van der Waals surface area contributed by atoms with Crippen LogP contribution in [0.15, 0.2) is 24.3 Å². The third kappa shape index (κ3) is 7.80. The van der Waals surface area contributed by atoms with E-state index in [1.54, 1.807) is 0 Å². The molecule has 3 nitrogen and oxygen atoms in total. The number of benzene rings is 1. The minimum absolute atomic E-state index is 0.0707. The highest BCUT2D eigenvalue weighted by atomic mass is 19.4. The topological polar surface area (TPSA) is 30.5 Å². The van der Waals surface area contributed by atoms with Crippen LogP contribution in [-0.2, 0) is 0 Å². The van der Waals surface area contributed by atoms with Gasteiger partial charge in [-0.2, -0.15) is 0 Å². The minimum Gasteiger partial charge on any atom is -0.489 e. The highest BCUT2D eigenvalue weighted by Gasteiger charge is 2.30. The van der Waals surface area contributed by atoms with Crippen molar-refractivity contribution >= 4 is 0 Å². The summed E-state index contributed by atoms with van der Waals surface area (Å²) in [5.74, 6) is 0.263. The number of halogens is 3. The molecule has 2 unspecified atom stereocenters. The van der Waals surface area contributed by atoms with Crippen LogP contribution in [0.1, 0.15) is 33.6 Å². The van der Waals surface area contributed by atoms with Gasteiger partial charge in [-0.25, -0.2) is 0 Å². The first-order valence-corrected chi connectivity index (χ1v) is 7.06. The molecule has 1 rings (SSSR count). The quantitative estimate of drug-likeness (QED) is 0.783. The molecular weight excluding hydrogens is 283 g/mol. The van der Waals surface area contributed by atoms with Crippen molar-refractivity contribution in [3.8, 4) is 11.5 Å². The highest BCUT2D eigenvalue weighted by molar-refractivity contribution is 5.31. The van der Waals surface area contributed by atoms with E-state index in [4.69, 9.17) is 4.74 Å². The predicted octanol–water partition coefficient (Wildman–Crippen LogP) is 4.13. The lowest BCUT2D eigenvalue weighted by atomic mass is 10.2. The minimum atomic E-state index is -4.67. The van der Waals surface area contributed by atoms with Crippen LogP contribution in [0.2, 0.25) is 0 Å². The summed E-state index contributed by atoms with van der Waals surface area (Å²) in [6, 6.07) is 5.83. The van der Waals surface area contributed by atoms with Crippen molar-refractivity contribution in [3.63, 3.8) is 0 Å². The van der Waals surface area contributed by atoms with Crippen LogP contribution in [0.4, 0.5) is 13.2 Å². The predicted molar refractivity (Wildman–Crippen MR) is 75.6 cm³/mol. The first-order valence-electron chi connectivity index (χ1n) is 7.06. The Balaban J connectivity index is 2.41. The van der Waals surface area contributed by atoms with Gasteiger partial charge in [0.2, 0.25) is 0 Å². The van der Waals surface area contributed by atoms with Crippen molar-refractivity contribution in [2.75, 3.05) is 6.54 Å². The zero-order valence-electron chi connectivity index (χ0n) is 12.5. The fourth-order valence-electron chi connectivity index (χ4n) is 1.90. The maximum atomic E-state index is 12.0. The maximum Gasteiger partial charge on any atom is 0.573 e. The van der Waals surface area contributed by atoms with E-state index in [0.29, 0.717) is 18.3 Å². The van der Waals surface area contributed by atoms with Gasteiger partial charge in [0.25, 0.3) is 0 Å². The normalized spacial score (nSPS) is 14.6. The third-order valence-corrected chi connectivity index (χ3v) is 2.87. The molecule has 0 heterocycles.